The summed E-state index contributed by atoms with van der Waals surface area (Å²) in [6, 6.07) is 8.09. The number of aromatic nitrogens is 2. The maximum Gasteiger partial charge on any atom is 0.262 e. The number of thioether (sulfide) groups is 1. The molecule has 0 spiro atoms. The molecule has 3 aromatic rings. The van der Waals surface area contributed by atoms with Crippen molar-refractivity contribution in [1.29, 1.82) is 0 Å². The van der Waals surface area contributed by atoms with Crippen LogP contribution in [-0.2, 0) is 31.2 Å². The average Bonchev–Trinajstić information content (AvgIpc) is 3.23. The van der Waals surface area contributed by atoms with Crippen LogP contribution in [0.5, 0.6) is 0 Å². The van der Waals surface area contributed by atoms with Crippen LogP contribution in [0.15, 0.2) is 34.2 Å². The summed E-state index contributed by atoms with van der Waals surface area (Å²) in [5.74, 6) is 0.173. The van der Waals surface area contributed by atoms with Crippen LogP contribution in [0.1, 0.15) is 28.0 Å². The number of hydrogen-bond donors (Lipinski definition) is 1. The van der Waals surface area contributed by atoms with E-state index in [1.807, 2.05) is 31.2 Å². The third-order valence-electron chi connectivity index (χ3n) is 4.85. The molecular weight excluding hydrogens is 378 g/mol. The summed E-state index contributed by atoms with van der Waals surface area (Å²) in [5.41, 5.74) is 3.46. The fraction of sp³-hybridized carbons (Fsp3) is 0.350. The molecular formula is C20H21N3O2S2. The minimum atomic E-state index is -0.0661. The zero-order valence-corrected chi connectivity index (χ0v) is 17.0. The third-order valence-corrected chi connectivity index (χ3v) is 7.06. The second-order valence-corrected chi connectivity index (χ2v) is 8.87. The number of amides is 1. The number of thiophene rings is 1. The summed E-state index contributed by atoms with van der Waals surface area (Å²) in [7, 11) is 1.74. The fourth-order valence-electron chi connectivity index (χ4n) is 3.32. The van der Waals surface area contributed by atoms with Gasteiger partial charge in [0.2, 0.25) is 5.91 Å². The van der Waals surface area contributed by atoms with Crippen molar-refractivity contribution in [3.8, 4) is 0 Å². The maximum atomic E-state index is 12.8. The highest BCUT2D eigenvalue weighted by Gasteiger charge is 2.22. The summed E-state index contributed by atoms with van der Waals surface area (Å²) < 4.78 is 1.57. The van der Waals surface area contributed by atoms with E-state index in [9.17, 15) is 9.59 Å². The van der Waals surface area contributed by atoms with Crippen LogP contribution < -0.4 is 10.9 Å². The molecule has 4 rings (SSSR count). The van der Waals surface area contributed by atoms with E-state index in [2.05, 4.69) is 10.3 Å². The molecule has 0 aliphatic heterocycles. The van der Waals surface area contributed by atoms with Gasteiger partial charge in [-0.15, -0.1) is 11.3 Å². The van der Waals surface area contributed by atoms with Crippen molar-refractivity contribution >= 4 is 39.2 Å². The van der Waals surface area contributed by atoms with E-state index in [4.69, 9.17) is 0 Å². The minimum Gasteiger partial charge on any atom is -0.351 e. The Kier molecular flexibility index (Phi) is 5.06. The highest BCUT2D eigenvalue weighted by Crippen LogP contribution is 2.35. The quantitative estimate of drug-likeness (QED) is 0.529. The number of carbonyl (C=O) groups is 1. The van der Waals surface area contributed by atoms with E-state index >= 15 is 0 Å². The van der Waals surface area contributed by atoms with Gasteiger partial charge >= 0.3 is 0 Å². The molecule has 0 atom stereocenters. The van der Waals surface area contributed by atoms with Crippen molar-refractivity contribution < 1.29 is 4.79 Å². The molecule has 0 bridgehead atoms. The van der Waals surface area contributed by atoms with Gasteiger partial charge in [-0.2, -0.15) is 0 Å². The van der Waals surface area contributed by atoms with Crippen molar-refractivity contribution in [2.75, 3.05) is 5.75 Å². The van der Waals surface area contributed by atoms with Crippen molar-refractivity contribution in [3.05, 3.63) is 56.2 Å². The second kappa shape index (κ2) is 7.48. The second-order valence-electron chi connectivity index (χ2n) is 6.85. The molecule has 5 nitrogen and oxygen atoms in total. The molecule has 1 N–H and O–H groups in total. The summed E-state index contributed by atoms with van der Waals surface area (Å²) in [6.07, 6.45) is 3.14. The predicted molar refractivity (Wildman–Crippen MR) is 111 cm³/mol. The van der Waals surface area contributed by atoms with E-state index in [1.54, 1.807) is 23.0 Å². The van der Waals surface area contributed by atoms with Gasteiger partial charge in [0.05, 0.1) is 11.1 Å². The van der Waals surface area contributed by atoms with Crippen LogP contribution in [0.3, 0.4) is 0 Å². The lowest BCUT2D eigenvalue weighted by Crippen LogP contribution is -2.25. The Morgan fingerprint density at radius 1 is 1.30 bits per heavy atom. The molecule has 7 heteroatoms. The van der Waals surface area contributed by atoms with Gasteiger partial charge in [0.1, 0.15) is 4.83 Å². The van der Waals surface area contributed by atoms with Gasteiger partial charge in [-0.25, -0.2) is 4.98 Å². The largest absolute Gasteiger partial charge is 0.351 e. The first-order valence-electron chi connectivity index (χ1n) is 8.99. The van der Waals surface area contributed by atoms with E-state index in [-0.39, 0.29) is 17.2 Å². The molecule has 1 amide bonds. The molecule has 0 unspecified atom stereocenters. The maximum absolute atomic E-state index is 12.8. The molecule has 27 heavy (non-hydrogen) atoms. The normalized spacial score (nSPS) is 13.1. The van der Waals surface area contributed by atoms with Crippen LogP contribution in [0.25, 0.3) is 10.2 Å². The molecule has 1 aromatic carbocycles. The third kappa shape index (κ3) is 3.66. The standard InChI is InChI=1S/C20H21N3O2S2/c1-12-6-8-13(9-7-12)10-21-16(24)11-26-20-22-18-17(19(25)23(20)2)14-4-3-5-15(14)27-18/h6-9H,3-5,10-11H2,1-2H3,(H,21,24). The molecule has 1 aliphatic carbocycles. The monoisotopic (exact) mass is 399 g/mol. The zero-order chi connectivity index (χ0) is 19.0. The van der Waals surface area contributed by atoms with Crippen LogP contribution >= 0.6 is 23.1 Å². The van der Waals surface area contributed by atoms with Crippen molar-refractivity contribution in [2.24, 2.45) is 7.05 Å². The number of benzene rings is 1. The van der Waals surface area contributed by atoms with Gasteiger partial charge in [0.15, 0.2) is 5.16 Å². The van der Waals surface area contributed by atoms with Crippen LogP contribution in [-0.4, -0.2) is 21.2 Å². The summed E-state index contributed by atoms with van der Waals surface area (Å²) in [6.45, 7) is 2.54. The molecule has 2 aromatic heterocycles. The Hall–Kier alpha value is -2.12. The van der Waals surface area contributed by atoms with Crippen molar-refractivity contribution in [3.63, 3.8) is 0 Å². The van der Waals surface area contributed by atoms with Gasteiger partial charge in [-0.1, -0.05) is 41.6 Å². The molecule has 0 saturated carbocycles. The number of hydrogen-bond acceptors (Lipinski definition) is 5. The first-order chi connectivity index (χ1) is 13.0. The molecule has 0 saturated heterocycles. The fourth-order valence-corrected chi connectivity index (χ4v) is 5.43. The summed E-state index contributed by atoms with van der Waals surface area (Å²) in [5, 5.41) is 4.30. The molecule has 2 heterocycles. The Labute approximate surface area is 165 Å². The zero-order valence-electron chi connectivity index (χ0n) is 15.4. The number of fused-ring (bicyclic) bond motifs is 3. The van der Waals surface area contributed by atoms with Gasteiger partial charge in [0.25, 0.3) is 5.56 Å². The predicted octanol–water partition coefficient (Wildman–Crippen LogP) is 3.20. The molecule has 0 fully saturated rings. The molecule has 1 aliphatic rings. The van der Waals surface area contributed by atoms with Gasteiger partial charge < -0.3 is 5.32 Å². The smallest absolute Gasteiger partial charge is 0.262 e. The van der Waals surface area contributed by atoms with Crippen LogP contribution in [0, 0.1) is 6.92 Å². The Balaban J connectivity index is 1.44. The van der Waals surface area contributed by atoms with Crippen LogP contribution in [0.4, 0.5) is 0 Å². The minimum absolute atomic E-state index is 0.00182. The highest BCUT2D eigenvalue weighted by molar-refractivity contribution is 7.99. The lowest BCUT2D eigenvalue weighted by molar-refractivity contribution is -0.118. The van der Waals surface area contributed by atoms with E-state index in [0.29, 0.717) is 11.7 Å². The van der Waals surface area contributed by atoms with Crippen LogP contribution in [0.2, 0.25) is 0 Å². The van der Waals surface area contributed by atoms with Gasteiger partial charge in [0, 0.05) is 18.5 Å². The Morgan fingerprint density at radius 3 is 2.85 bits per heavy atom. The summed E-state index contributed by atoms with van der Waals surface area (Å²) >= 11 is 2.94. The molecule has 0 radical (unpaired) electrons. The average molecular weight is 400 g/mol. The number of nitrogens with one attached hydrogen (secondary N) is 1. The number of aryl methyl sites for hydroxylation is 3. The van der Waals surface area contributed by atoms with Gasteiger partial charge in [-0.3, -0.25) is 14.2 Å². The van der Waals surface area contributed by atoms with Crippen molar-refractivity contribution in [1.82, 2.24) is 14.9 Å². The number of carbonyl (C=O) groups excluding carboxylic acids is 1. The SMILES string of the molecule is Cc1ccc(CNC(=O)CSc2nc3sc4c(c3c(=O)n2C)CCC4)cc1. The topological polar surface area (TPSA) is 64.0 Å². The number of nitrogens with zero attached hydrogens (tertiary/aromatic N) is 2. The summed E-state index contributed by atoms with van der Waals surface area (Å²) in [4.78, 5) is 31.7. The lowest BCUT2D eigenvalue weighted by atomic mass is 10.1. The highest BCUT2D eigenvalue weighted by atomic mass is 32.2. The van der Waals surface area contributed by atoms with Crippen molar-refractivity contribution in [2.45, 2.75) is 37.9 Å². The number of rotatable bonds is 5. The van der Waals surface area contributed by atoms with E-state index in [1.165, 1.54) is 27.8 Å². The first-order valence-corrected chi connectivity index (χ1v) is 10.8. The molecule has 140 valence electrons. The lowest BCUT2D eigenvalue weighted by Gasteiger charge is -2.08. The first kappa shape index (κ1) is 18.3. The van der Waals surface area contributed by atoms with E-state index < -0.39 is 0 Å². The van der Waals surface area contributed by atoms with E-state index in [0.717, 1.165) is 35.0 Å². The Morgan fingerprint density at radius 2 is 2.07 bits per heavy atom. The van der Waals surface area contributed by atoms with Gasteiger partial charge in [-0.05, 0) is 37.3 Å². The Bertz CT molecular complexity index is 1070.